The average Bonchev–Trinajstić information content (AvgIpc) is 2.49. The van der Waals surface area contributed by atoms with Gasteiger partial charge in [-0.3, -0.25) is 4.98 Å². The third-order valence-corrected chi connectivity index (χ3v) is 2.97. The number of aromatic nitrogens is 1. The van der Waals surface area contributed by atoms with Gasteiger partial charge in [0.25, 0.3) is 0 Å². The molecule has 0 atom stereocenters. The third kappa shape index (κ3) is 7.99. The first-order chi connectivity index (χ1) is 10.3. The van der Waals surface area contributed by atoms with E-state index in [2.05, 4.69) is 17.2 Å². The topological polar surface area (TPSA) is 52.6 Å². The summed E-state index contributed by atoms with van der Waals surface area (Å²) in [6.45, 7) is 8.27. The zero-order chi connectivity index (χ0) is 15.3. The molecule has 120 valence electrons. The summed E-state index contributed by atoms with van der Waals surface area (Å²) in [5.74, 6) is 0.824. The van der Waals surface area contributed by atoms with Crippen LogP contribution in [0.25, 0.3) is 0 Å². The molecule has 5 nitrogen and oxygen atoms in total. The number of nitrogens with zero attached hydrogens (tertiary/aromatic N) is 1. The quantitative estimate of drug-likeness (QED) is 0.600. The van der Waals surface area contributed by atoms with E-state index in [1.807, 2.05) is 19.1 Å². The molecule has 0 amide bonds. The number of hydrogen-bond donors (Lipinski definition) is 1. The number of aryl methyl sites for hydroxylation is 1. The molecule has 0 fully saturated rings. The Morgan fingerprint density at radius 2 is 2.00 bits per heavy atom. The number of hydrogen-bond acceptors (Lipinski definition) is 5. The molecule has 0 bridgehead atoms. The summed E-state index contributed by atoms with van der Waals surface area (Å²) in [5, 5.41) is 3.29. The van der Waals surface area contributed by atoms with Crippen LogP contribution in [-0.4, -0.2) is 45.1 Å². The Hall–Kier alpha value is -1.17. The van der Waals surface area contributed by atoms with E-state index in [1.54, 1.807) is 7.11 Å². The standard InChI is InChI=1S/C16H28N2O3/c1-4-5-9-20-11-12-21-16-7-6-14(2)18-15(16)13-17-8-10-19-3/h6-7,17H,4-5,8-13H2,1-3H3. The van der Waals surface area contributed by atoms with Gasteiger partial charge >= 0.3 is 0 Å². The lowest BCUT2D eigenvalue weighted by molar-refractivity contribution is 0.0975. The van der Waals surface area contributed by atoms with Gasteiger partial charge in [0.05, 0.1) is 18.9 Å². The second-order valence-corrected chi connectivity index (χ2v) is 4.88. The summed E-state index contributed by atoms with van der Waals surface area (Å²) >= 11 is 0. The van der Waals surface area contributed by atoms with Crippen LogP contribution in [0.5, 0.6) is 5.75 Å². The van der Waals surface area contributed by atoms with Crippen molar-refractivity contribution >= 4 is 0 Å². The van der Waals surface area contributed by atoms with Crippen molar-refractivity contribution in [2.24, 2.45) is 0 Å². The van der Waals surface area contributed by atoms with Gasteiger partial charge in [-0.05, 0) is 25.5 Å². The van der Waals surface area contributed by atoms with E-state index in [0.717, 1.165) is 43.1 Å². The first kappa shape index (κ1) is 17.9. The second-order valence-electron chi connectivity index (χ2n) is 4.88. The van der Waals surface area contributed by atoms with Gasteiger partial charge in [-0.1, -0.05) is 13.3 Å². The highest BCUT2D eigenvalue weighted by Crippen LogP contribution is 2.16. The van der Waals surface area contributed by atoms with Crippen LogP contribution in [0.15, 0.2) is 12.1 Å². The average molecular weight is 296 g/mol. The number of pyridine rings is 1. The van der Waals surface area contributed by atoms with Crippen molar-refractivity contribution in [2.75, 3.05) is 40.1 Å². The van der Waals surface area contributed by atoms with E-state index >= 15 is 0 Å². The molecule has 0 aliphatic carbocycles. The number of rotatable bonds is 12. The fourth-order valence-electron chi connectivity index (χ4n) is 1.80. The second kappa shape index (κ2) is 11.5. The summed E-state index contributed by atoms with van der Waals surface area (Å²) in [7, 11) is 1.69. The molecule has 21 heavy (non-hydrogen) atoms. The first-order valence-electron chi connectivity index (χ1n) is 7.64. The highest BCUT2D eigenvalue weighted by atomic mass is 16.5. The monoisotopic (exact) mass is 296 g/mol. The number of unbranched alkanes of at least 4 members (excludes halogenated alkanes) is 1. The predicted octanol–water partition coefficient (Wildman–Crippen LogP) is 2.32. The highest BCUT2D eigenvalue weighted by Gasteiger charge is 2.05. The smallest absolute Gasteiger partial charge is 0.142 e. The third-order valence-electron chi connectivity index (χ3n) is 2.97. The van der Waals surface area contributed by atoms with Crippen LogP contribution in [0.2, 0.25) is 0 Å². The van der Waals surface area contributed by atoms with Crippen LogP contribution in [0.3, 0.4) is 0 Å². The van der Waals surface area contributed by atoms with Gasteiger partial charge in [0.15, 0.2) is 0 Å². The van der Waals surface area contributed by atoms with Crippen molar-refractivity contribution in [3.63, 3.8) is 0 Å². The van der Waals surface area contributed by atoms with Crippen molar-refractivity contribution in [3.05, 3.63) is 23.5 Å². The van der Waals surface area contributed by atoms with Crippen molar-refractivity contribution in [3.8, 4) is 5.75 Å². The first-order valence-corrected chi connectivity index (χ1v) is 7.64. The molecule has 5 heteroatoms. The zero-order valence-corrected chi connectivity index (χ0v) is 13.5. The van der Waals surface area contributed by atoms with Crippen LogP contribution in [0.4, 0.5) is 0 Å². The Morgan fingerprint density at radius 1 is 1.14 bits per heavy atom. The van der Waals surface area contributed by atoms with Crippen LogP contribution in [0.1, 0.15) is 31.2 Å². The molecule has 1 rings (SSSR count). The molecule has 1 aromatic rings. The molecule has 0 saturated heterocycles. The molecule has 0 aromatic carbocycles. The molecule has 0 aliphatic heterocycles. The van der Waals surface area contributed by atoms with Crippen molar-refractivity contribution in [2.45, 2.75) is 33.2 Å². The van der Waals surface area contributed by atoms with E-state index in [4.69, 9.17) is 14.2 Å². The lowest BCUT2D eigenvalue weighted by Gasteiger charge is -2.12. The number of ether oxygens (including phenoxy) is 3. The summed E-state index contributed by atoms with van der Waals surface area (Å²) in [5.41, 5.74) is 1.92. The van der Waals surface area contributed by atoms with Gasteiger partial charge in [-0.25, -0.2) is 0 Å². The lowest BCUT2D eigenvalue weighted by Crippen LogP contribution is -2.20. The van der Waals surface area contributed by atoms with Gasteiger partial charge in [-0.2, -0.15) is 0 Å². The minimum Gasteiger partial charge on any atom is -0.489 e. The van der Waals surface area contributed by atoms with Crippen LogP contribution < -0.4 is 10.1 Å². The van der Waals surface area contributed by atoms with Gasteiger partial charge in [0.1, 0.15) is 12.4 Å². The molecular formula is C16H28N2O3. The normalized spacial score (nSPS) is 10.8. The van der Waals surface area contributed by atoms with Crippen molar-refractivity contribution in [1.82, 2.24) is 10.3 Å². The Kier molecular flexibility index (Phi) is 9.78. The summed E-state index contributed by atoms with van der Waals surface area (Å²) in [6, 6.07) is 3.94. The Morgan fingerprint density at radius 3 is 2.76 bits per heavy atom. The summed E-state index contributed by atoms with van der Waals surface area (Å²) < 4.78 is 16.3. The Labute approximate surface area is 128 Å². The SMILES string of the molecule is CCCCOCCOc1ccc(C)nc1CNCCOC. The van der Waals surface area contributed by atoms with Gasteiger partial charge in [0, 0.05) is 32.5 Å². The Bertz CT molecular complexity index is 386. The predicted molar refractivity (Wildman–Crippen MR) is 83.8 cm³/mol. The molecule has 0 saturated carbocycles. The van der Waals surface area contributed by atoms with Crippen LogP contribution in [0, 0.1) is 6.92 Å². The van der Waals surface area contributed by atoms with Crippen LogP contribution >= 0.6 is 0 Å². The molecule has 1 N–H and O–H groups in total. The minimum absolute atomic E-state index is 0.555. The van der Waals surface area contributed by atoms with E-state index in [1.165, 1.54) is 0 Å². The van der Waals surface area contributed by atoms with E-state index in [0.29, 0.717) is 26.4 Å². The van der Waals surface area contributed by atoms with E-state index < -0.39 is 0 Å². The maximum atomic E-state index is 5.77. The summed E-state index contributed by atoms with van der Waals surface area (Å²) in [4.78, 5) is 4.53. The molecular weight excluding hydrogens is 268 g/mol. The largest absolute Gasteiger partial charge is 0.489 e. The number of methoxy groups -OCH3 is 1. The maximum Gasteiger partial charge on any atom is 0.142 e. The summed E-state index contributed by atoms with van der Waals surface area (Å²) in [6.07, 6.45) is 2.25. The fraction of sp³-hybridized carbons (Fsp3) is 0.688. The van der Waals surface area contributed by atoms with E-state index in [-0.39, 0.29) is 0 Å². The minimum atomic E-state index is 0.555. The van der Waals surface area contributed by atoms with Crippen molar-refractivity contribution in [1.29, 1.82) is 0 Å². The molecule has 0 unspecified atom stereocenters. The van der Waals surface area contributed by atoms with E-state index in [9.17, 15) is 0 Å². The molecule has 0 spiro atoms. The Balaban J connectivity index is 2.37. The molecule has 0 aliphatic rings. The highest BCUT2D eigenvalue weighted by molar-refractivity contribution is 5.29. The molecule has 0 radical (unpaired) electrons. The van der Waals surface area contributed by atoms with Gasteiger partial charge in [0.2, 0.25) is 0 Å². The maximum absolute atomic E-state index is 5.77. The van der Waals surface area contributed by atoms with Crippen molar-refractivity contribution < 1.29 is 14.2 Å². The van der Waals surface area contributed by atoms with Gasteiger partial charge in [-0.15, -0.1) is 0 Å². The van der Waals surface area contributed by atoms with Gasteiger partial charge < -0.3 is 19.5 Å². The zero-order valence-electron chi connectivity index (χ0n) is 13.5. The molecule has 1 aromatic heterocycles. The fourth-order valence-corrected chi connectivity index (χ4v) is 1.80. The van der Waals surface area contributed by atoms with Crippen LogP contribution in [-0.2, 0) is 16.0 Å². The number of nitrogens with one attached hydrogen (secondary N) is 1. The lowest BCUT2D eigenvalue weighted by atomic mass is 10.3. The molecule has 1 heterocycles.